The van der Waals surface area contributed by atoms with Gasteiger partial charge in [0.1, 0.15) is 11.5 Å². The number of anilines is 1. The van der Waals surface area contributed by atoms with Crippen molar-refractivity contribution in [2.75, 3.05) is 18.5 Å². The summed E-state index contributed by atoms with van der Waals surface area (Å²) in [7, 11) is 1.97. The number of carbonyl (C=O) groups is 1. The Labute approximate surface area is 171 Å². The van der Waals surface area contributed by atoms with Crippen molar-refractivity contribution in [3.8, 4) is 5.75 Å². The van der Waals surface area contributed by atoms with Crippen LogP contribution in [0.4, 0.5) is 19.3 Å². The maximum atomic E-state index is 15.9. The fourth-order valence-electron chi connectivity index (χ4n) is 5.12. The van der Waals surface area contributed by atoms with E-state index in [4.69, 9.17) is 5.11 Å². The molecule has 1 aliphatic carbocycles. The summed E-state index contributed by atoms with van der Waals surface area (Å²) < 4.78 is 37.2. The highest BCUT2D eigenvalue weighted by Gasteiger charge is 2.44. The number of pyridine rings is 1. The first kappa shape index (κ1) is 19.3. The van der Waals surface area contributed by atoms with Gasteiger partial charge in [-0.25, -0.2) is 13.6 Å². The Morgan fingerprint density at radius 1 is 1.23 bits per heavy atom. The Hall–Kier alpha value is -2.68. The number of carboxylic acid groups (broad SMARTS) is 1. The second-order valence-electron chi connectivity index (χ2n) is 8.62. The third-order valence-electron chi connectivity index (χ3n) is 6.96. The number of nitrogens with zero attached hydrogens (tertiary/aromatic N) is 3. The van der Waals surface area contributed by atoms with E-state index in [0.717, 1.165) is 31.7 Å². The number of halogens is 2. The van der Waals surface area contributed by atoms with Crippen LogP contribution in [0.3, 0.4) is 0 Å². The zero-order valence-electron chi connectivity index (χ0n) is 16.8. The van der Waals surface area contributed by atoms with Gasteiger partial charge in [-0.1, -0.05) is 0 Å². The smallest absolute Gasteiger partial charge is 0.449 e. The van der Waals surface area contributed by atoms with E-state index in [0.29, 0.717) is 18.5 Å². The van der Waals surface area contributed by atoms with Gasteiger partial charge >= 0.3 is 6.16 Å². The minimum absolute atomic E-state index is 0.00814. The summed E-state index contributed by atoms with van der Waals surface area (Å²) in [5.74, 6) is -1.73. The summed E-state index contributed by atoms with van der Waals surface area (Å²) in [5, 5.41) is 8.70. The number of benzene rings is 1. The zero-order valence-corrected chi connectivity index (χ0v) is 16.8. The number of rotatable bonds is 3. The second kappa shape index (κ2) is 6.66. The molecule has 3 aliphatic heterocycles. The van der Waals surface area contributed by atoms with E-state index in [1.165, 1.54) is 10.8 Å². The lowest BCUT2D eigenvalue weighted by Crippen LogP contribution is -2.64. The van der Waals surface area contributed by atoms with Gasteiger partial charge in [0.05, 0.1) is 23.3 Å². The number of aromatic nitrogens is 1. The average Bonchev–Trinajstić information content (AvgIpc) is 3.53. The molecule has 4 aliphatic rings. The van der Waals surface area contributed by atoms with Crippen molar-refractivity contribution in [2.45, 2.75) is 50.9 Å². The fraction of sp³-hybridized carbons (Fsp3) is 0.524. The summed E-state index contributed by atoms with van der Waals surface area (Å²) in [4.78, 5) is 27.6. The first-order valence-electron chi connectivity index (χ1n) is 10.2. The molecule has 1 aromatic carbocycles. The minimum atomic E-state index is -1.65. The van der Waals surface area contributed by atoms with Crippen LogP contribution in [-0.4, -0.2) is 46.5 Å². The molecule has 4 heterocycles. The summed E-state index contributed by atoms with van der Waals surface area (Å²) >= 11 is 0. The minimum Gasteiger partial charge on any atom is -0.449 e. The lowest BCUT2D eigenvalue weighted by atomic mass is 9.83. The Morgan fingerprint density at radius 3 is 2.60 bits per heavy atom. The van der Waals surface area contributed by atoms with Crippen LogP contribution in [0.2, 0.25) is 0 Å². The van der Waals surface area contributed by atoms with E-state index >= 15 is 8.78 Å². The molecule has 160 valence electrons. The summed E-state index contributed by atoms with van der Waals surface area (Å²) in [6, 6.07) is 1.29. The van der Waals surface area contributed by atoms with E-state index in [1.807, 2.05) is 7.05 Å². The second-order valence-corrected chi connectivity index (χ2v) is 8.62. The van der Waals surface area contributed by atoms with Crippen molar-refractivity contribution in [1.29, 1.82) is 0 Å². The first-order chi connectivity index (χ1) is 14.3. The number of piperidine rings is 2. The van der Waals surface area contributed by atoms with E-state index < -0.39 is 29.0 Å². The lowest BCUT2D eigenvalue weighted by Gasteiger charge is -2.55. The van der Waals surface area contributed by atoms with Gasteiger partial charge in [0.2, 0.25) is 5.43 Å². The van der Waals surface area contributed by atoms with Gasteiger partial charge in [-0.3, -0.25) is 9.69 Å². The van der Waals surface area contributed by atoms with Crippen LogP contribution >= 0.6 is 0 Å². The molecule has 2 aromatic rings. The highest BCUT2D eigenvalue weighted by molar-refractivity contribution is 5.86. The third kappa shape index (κ3) is 2.79. The van der Waals surface area contributed by atoms with Gasteiger partial charge in [0.25, 0.3) is 0 Å². The predicted octanol–water partition coefficient (Wildman–Crippen LogP) is 3.55. The molecule has 1 saturated carbocycles. The molecular formula is C21H23F2N3O4. The van der Waals surface area contributed by atoms with Gasteiger partial charge in [-0.2, -0.15) is 0 Å². The number of hydrogen-bond donors (Lipinski definition) is 1. The number of fused-ring (bicyclic) bond motifs is 4. The SMILES string of the molecule is CC1C2CCC(N(c3c(F)cc4c(=O)c(OC(=O)O)cn(C5CC5)c4c3F)C2)N1C. The van der Waals surface area contributed by atoms with E-state index in [9.17, 15) is 9.59 Å². The number of hydrogen-bond acceptors (Lipinski definition) is 5. The molecule has 0 amide bonds. The summed E-state index contributed by atoms with van der Waals surface area (Å²) in [6.07, 6.45) is 2.86. The Balaban J connectivity index is 1.71. The predicted molar refractivity (Wildman–Crippen MR) is 106 cm³/mol. The van der Waals surface area contributed by atoms with Gasteiger partial charge in [0, 0.05) is 18.6 Å². The van der Waals surface area contributed by atoms with Crippen molar-refractivity contribution in [3.05, 3.63) is 34.1 Å². The molecule has 3 saturated heterocycles. The van der Waals surface area contributed by atoms with Gasteiger partial charge in [-0.05, 0) is 51.6 Å². The van der Waals surface area contributed by atoms with Crippen molar-refractivity contribution < 1.29 is 23.4 Å². The Kier molecular flexibility index (Phi) is 4.29. The van der Waals surface area contributed by atoms with E-state index in [1.54, 1.807) is 4.90 Å². The van der Waals surface area contributed by atoms with Crippen molar-refractivity contribution >= 4 is 22.7 Å². The maximum Gasteiger partial charge on any atom is 0.511 e. The topological polar surface area (TPSA) is 75.0 Å². The van der Waals surface area contributed by atoms with Crippen molar-refractivity contribution in [1.82, 2.24) is 9.47 Å². The lowest BCUT2D eigenvalue weighted by molar-refractivity contribution is 0.0332. The average molecular weight is 419 g/mol. The molecule has 4 fully saturated rings. The molecule has 9 heteroatoms. The molecular weight excluding hydrogens is 396 g/mol. The molecule has 3 atom stereocenters. The molecule has 3 unspecified atom stereocenters. The standard InChI is InChI=1S/C21H23F2N3O4/c1-10-11-3-6-16(24(10)2)26(8-11)19-14(22)7-13-18(17(19)23)25(12-4-5-12)9-15(20(13)27)30-21(28)29/h7,9-12,16H,3-6,8H2,1-2H3,(H,28,29). The van der Waals surface area contributed by atoms with Crippen LogP contribution in [0.25, 0.3) is 10.9 Å². The van der Waals surface area contributed by atoms with Crippen LogP contribution in [0, 0.1) is 17.6 Å². The van der Waals surface area contributed by atoms with E-state index in [-0.39, 0.29) is 28.8 Å². The molecule has 0 radical (unpaired) electrons. The van der Waals surface area contributed by atoms with Crippen LogP contribution in [0.1, 0.15) is 38.6 Å². The highest BCUT2D eigenvalue weighted by atomic mass is 19.1. The van der Waals surface area contributed by atoms with Crippen molar-refractivity contribution in [3.63, 3.8) is 0 Å². The van der Waals surface area contributed by atoms with Crippen LogP contribution in [0.5, 0.6) is 5.75 Å². The van der Waals surface area contributed by atoms with Gasteiger partial charge in [-0.15, -0.1) is 0 Å². The van der Waals surface area contributed by atoms with Gasteiger partial charge in [0.15, 0.2) is 11.6 Å². The largest absolute Gasteiger partial charge is 0.511 e. The molecule has 30 heavy (non-hydrogen) atoms. The molecule has 2 bridgehead atoms. The summed E-state index contributed by atoms with van der Waals surface area (Å²) in [6.45, 7) is 2.69. The normalized spacial score (nSPS) is 26.4. The molecule has 0 spiro atoms. The fourth-order valence-corrected chi connectivity index (χ4v) is 5.12. The van der Waals surface area contributed by atoms with Crippen LogP contribution < -0.4 is 15.1 Å². The molecule has 6 rings (SSSR count). The monoisotopic (exact) mass is 419 g/mol. The molecule has 7 nitrogen and oxygen atoms in total. The molecule has 1 N–H and O–H groups in total. The quantitative estimate of drug-likeness (QED) is 0.767. The Bertz CT molecular complexity index is 1110. The van der Waals surface area contributed by atoms with Crippen molar-refractivity contribution in [2.24, 2.45) is 5.92 Å². The van der Waals surface area contributed by atoms with Gasteiger partial charge < -0.3 is 19.3 Å². The zero-order chi connectivity index (χ0) is 21.3. The Morgan fingerprint density at radius 2 is 1.97 bits per heavy atom. The number of ether oxygens (including phenoxy) is 1. The van der Waals surface area contributed by atoms with E-state index in [2.05, 4.69) is 16.6 Å². The summed E-state index contributed by atoms with van der Waals surface area (Å²) in [5.41, 5.74) is -0.940. The van der Waals surface area contributed by atoms with Crippen LogP contribution in [-0.2, 0) is 0 Å². The highest BCUT2D eigenvalue weighted by Crippen LogP contribution is 2.43. The van der Waals surface area contributed by atoms with Crippen LogP contribution in [0.15, 0.2) is 17.1 Å². The maximum absolute atomic E-state index is 15.9. The first-order valence-corrected chi connectivity index (χ1v) is 10.2. The molecule has 1 aromatic heterocycles. The third-order valence-corrected chi connectivity index (χ3v) is 6.96.